The Morgan fingerprint density at radius 1 is 1.26 bits per heavy atom. The van der Waals surface area contributed by atoms with Gasteiger partial charge in [-0.05, 0) is 54.2 Å². The molecule has 0 N–H and O–H groups in total. The molecule has 0 spiro atoms. The Hall–Kier alpha value is -2.81. The van der Waals surface area contributed by atoms with Crippen LogP contribution in [-0.2, 0) is 11.3 Å². The summed E-state index contributed by atoms with van der Waals surface area (Å²) in [6.07, 6.45) is 7.45. The third kappa shape index (κ3) is 4.83. The smallest absolute Gasteiger partial charge is 0.263 e. The molecule has 186 valence electrons. The molecule has 0 radical (unpaired) electrons. The van der Waals surface area contributed by atoms with Gasteiger partial charge in [-0.1, -0.05) is 25.1 Å². The standard InChI is InChI=1S/C26H32FN5O2S/c1-16(2)19-13-20(17-5-4-10-31(15-17)23(33)8-11-32-12-9-28-29-32)24(27)25-21(19)14-22(35-25)26(34)30(3)18-6-7-18/h9,12-14,16-18H,4-8,10-11,15H2,1-3H3/t17-/m0/s1. The zero-order valence-corrected chi connectivity index (χ0v) is 21.4. The van der Waals surface area contributed by atoms with Crippen LogP contribution in [0.2, 0.25) is 0 Å². The van der Waals surface area contributed by atoms with Crippen molar-refractivity contribution in [2.45, 2.75) is 70.4 Å². The number of fused-ring (bicyclic) bond motifs is 1. The van der Waals surface area contributed by atoms with E-state index in [1.165, 1.54) is 11.3 Å². The molecule has 3 aromatic rings. The van der Waals surface area contributed by atoms with Gasteiger partial charge in [0.1, 0.15) is 5.82 Å². The highest BCUT2D eigenvalue weighted by Gasteiger charge is 2.32. The third-order valence-electron chi connectivity index (χ3n) is 7.30. The number of halogens is 1. The Balaban J connectivity index is 1.41. The van der Waals surface area contributed by atoms with E-state index < -0.39 is 0 Å². The Morgan fingerprint density at radius 3 is 2.74 bits per heavy atom. The van der Waals surface area contributed by atoms with Gasteiger partial charge in [-0.3, -0.25) is 14.3 Å². The van der Waals surface area contributed by atoms with Gasteiger partial charge in [-0.25, -0.2) is 4.39 Å². The van der Waals surface area contributed by atoms with E-state index in [2.05, 4.69) is 24.2 Å². The van der Waals surface area contributed by atoms with Crippen LogP contribution >= 0.6 is 11.3 Å². The molecule has 3 heterocycles. The van der Waals surface area contributed by atoms with Gasteiger partial charge in [-0.15, -0.1) is 16.4 Å². The highest BCUT2D eigenvalue weighted by Crippen LogP contribution is 2.41. The largest absolute Gasteiger partial charge is 0.342 e. The fraction of sp³-hybridized carbons (Fsp3) is 0.538. The van der Waals surface area contributed by atoms with E-state index in [0.29, 0.717) is 47.2 Å². The number of carbonyl (C=O) groups excluding carboxylic acids is 2. The number of nitrogens with zero attached hydrogens (tertiary/aromatic N) is 5. The summed E-state index contributed by atoms with van der Waals surface area (Å²) < 4.78 is 18.2. The number of thiophene rings is 1. The number of likely N-dealkylation sites (tertiary alicyclic amines) is 1. The van der Waals surface area contributed by atoms with Crippen LogP contribution in [0.15, 0.2) is 24.5 Å². The number of rotatable bonds is 7. The second kappa shape index (κ2) is 9.68. The predicted octanol–water partition coefficient (Wildman–Crippen LogP) is 4.79. The van der Waals surface area contributed by atoms with Crippen LogP contribution in [0.1, 0.15) is 78.6 Å². The average Bonchev–Trinajstić information content (AvgIpc) is 3.38. The number of hydrogen-bond donors (Lipinski definition) is 0. The van der Waals surface area contributed by atoms with Gasteiger partial charge in [0.2, 0.25) is 5.91 Å². The fourth-order valence-electron chi connectivity index (χ4n) is 5.07. The molecule has 1 aliphatic carbocycles. The van der Waals surface area contributed by atoms with E-state index >= 15 is 4.39 Å². The van der Waals surface area contributed by atoms with Crippen LogP contribution < -0.4 is 0 Å². The minimum atomic E-state index is -0.232. The van der Waals surface area contributed by atoms with Crippen LogP contribution in [0.3, 0.4) is 0 Å². The van der Waals surface area contributed by atoms with Gasteiger partial charge in [-0.2, -0.15) is 0 Å². The van der Waals surface area contributed by atoms with Crippen molar-refractivity contribution < 1.29 is 14.0 Å². The lowest BCUT2D eigenvalue weighted by molar-refractivity contribution is -0.132. The fourth-order valence-corrected chi connectivity index (χ4v) is 6.19. The maximum Gasteiger partial charge on any atom is 0.263 e. The Bertz CT molecular complexity index is 1230. The van der Waals surface area contributed by atoms with Crippen LogP contribution in [0, 0.1) is 5.82 Å². The Labute approximate surface area is 208 Å². The van der Waals surface area contributed by atoms with E-state index in [1.54, 1.807) is 22.0 Å². The van der Waals surface area contributed by atoms with E-state index in [4.69, 9.17) is 0 Å². The normalized spacial score (nSPS) is 18.4. The van der Waals surface area contributed by atoms with Crippen molar-refractivity contribution in [2.24, 2.45) is 0 Å². The highest BCUT2D eigenvalue weighted by molar-refractivity contribution is 7.20. The van der Waals surface area contributed by atoms with Gasteiger partial charge in [0.15, 0.2) is 0 Å². The topological polar surface area (TPSA) is 71.3 Å². The average molecular weight is 498 g/mol. The second-order valence-electron chi connectivity index (χ2n) is 10.1. The summed E-state index contributed by atoms with van der Waals surface area (Å²) in [5.41, 5.74) is 1.74. The lowest BCUT2D eigenvalue weighted by Crippen LogP contribution is -2.39. The maximum atomic E-state index is 16.0. The first-order valence-corrected chi connectivity index (χ1v) is 13.3. The molecule has 1 saturated heterocycles. The zero-order valence-electron chi connectivity index (χ0n) is 20.5. The van der Waals surface area contributed by atoms with E-state index in [1.807, 2.05) is 24.1 Å². The summed E-state index contributed by atoms with van der Waals surface area (Å²) in [6, 6.07) is 4.18. The second-order valence-corrected chi connectivity index (χ2v) is 11.2. The van der Waals surface area contributed by atoms with Gasteiger partial charge in [0, 0.05) is 44.7 Å². The summed E-state index contributed by atoms with van der Waals surface area (Å²) in [5.74, 6) is -0.0607. The zero-order chi connectivity index (χ0) is 24.7. The highest BCUT2D eigenvalue weighted by atomic mass is 32.1. The number of amides is 2. The molecule has 35 heavy (non-hydrogen) atoms. The number of benzene rings is 1. The van der Waals surface area contributed by atoms with E-state index in [0.717, 1.165) is 36.6 Å². The van der Waals surface area contributed by atoms with Crippen LogP contribution in [0.4, 0.5) is 4.39 Å². The van der Waals surface area contributed by atoms with Gasteiger partial charge in [0.25, 0.3) is 5.91 Å². The summed E-state index contributed by atoms with van der Waals surface area (Å²) in [6.45, 7) is 5.90. The first kappa shape index (κ1) is 23.9. The van der Waals surface area contributed by atoms with Gasteiger partial charge in [0.05, 0.1) is 22.3 Å². The molecule has 2 amide bonds. The van der Waals surface area contributed by atoms with Crippen LogP contribution in [0.25, 0.3) is 10.1 Å². The van der Waals surface area contributed by atoms with E-state index in [-0.39, 0.29) is 29.5 Å². The molecule has 1 aliphatic heterocycles. The van der Waals surface area contributed by atoms with Crippen molar-refractivity contribution in [3.63, 3.8) is 0 Å². The summed E-state index contributed by atoms with van der Waals surface area (Å²) >= 11 is 1.27. The molecule has 2 aromatic heterocycles. The molecule has 0 unspecified atom stereocenters. The summed E-state index contributed by atoms with van der Waals surface area (Å²) in [4.78, 5) is 30.1. The maximum absolute atomic E-state index is 16.0. The predicted molar refractivity (Wildman–Crippen MR) is 134 cm³/mol. The molecule has 1 atom stereocenters. The summed E-state index contributed by atoms with van der Waals surface area (Å²) in [5, 5.41) is 8.54. The number of carbonyl (C=O) groups is 2. The lowest BCUT2D eigenvalue weighted by atomic mass is 9.86. The first-order valence-electron chi connectivity index (χ1n) is 12.5. The number of hydrogen-bond acceptors (Lipinski definition) is 5. The van der Waals surface area contributed by atoms with Crippen molar-refractivity contribution >= 4 is 33.2 Å². The number of aromatic nitrogens is 3. The molecule has 7 nitrogen and oxygen atoms in total. The SMILES string of the molecule is CC(C)c1cc([C@H]2CCCN(C(=O)CCn3ccnn3)C2)c(F)c2sc(C(=O)N(C)C3CC3)cc12. The molecule has 1 saturated carbocycles. The minimum absolute atomic E-state index is 0.0221. The first-order chi connectivity index (χ1) is 16.8. The van der Waals surface area contributed by atoms with Crippen molar-refractivity contribution in [1.82, 2.24) is 24.8 Å². The molecule has 9 heteroatoms. The van der Waals surface area contributed by atoms with Gasteiger partial charge < -0.3 is 9.80 Å². The van der Waals surface area contributed by atoms with Crippen molar-refractivity contribution in [3.8, 4) is 0 Å². The van der Waals surface area contributed by atoms with Crippen LogP contribution in [0.5, 0.6) is 0 Å². The molecule has 1 aromatic carbocycles. The van der Waals surface area contributed by atoms with E-state index in [9.17, 15) is 9.59 Å². The molecule has 2 fully saturated rings. The number of aryl methyl sites for hydroxylation is 1. The summed E-state index contributed by atoms with van der Waals surface area (Å²) in [7, 11) is 1.84. The number of piperidine rings is 1. The third-order valence-corrected chi connectivity index (χ3v) is 8.41. The van der Waals surface area contributed by atoms with Crippen molar-refractivity contribution in [2.75, 3.05) is 20.1 Å². The minimum Gasteiger partial charge on any atom is -0.342 e. The monoisotopic (exact) mass is 497 g/mol. The van der Waals surface area contributed by atoms with Crippen LogP contribution in [-0.4, -0.2) is 62.8 Å². The molecule has 0 bridgehead atoms. The molecular weight excluding hydrogens is 465 g/mol. The Kier molecular flexibility index (Phi) is 6.61. The molecule has 2 aliphatic rings. The lowest BCUT2D eigenvalue weighted by Gasteiger charge is -2.33. The van der Waals surface area contributed by atoms with Crippen molar-refractivity contribution in [1.29, 1.82) is 0 Å². The Morgan fingerprint density at radius 2 is 2.06 bits per heavy atom. The van der Waals surface area contributed by atoms with Crippen molar-refractivity contribution in [3.05, 3.63) is 46.3 Å². The quantitative estimate of drug-likeness (QED) is 0.471. The van der Waals surface area contributed by atoms with Gasteiger partial charge >= 0.3 is 0 Å². The molecular formula is C26H32FN5O2S. The molecule has 5 rings (SSSR count).